The highest BCUT2D eigenvalue weighted by Gasteiger charge is 2.31. The van der Waals surface area contributed by atoms with Crippen LogP contribution >= 0.6 is 11.6 Å². The molecule has 0 fully saturated rings. The number of rotatable bonds is 9. The Hall–Kier alpha value is -3.73. The Morgan fingerprint density at radius 2 is 1.75 bits per heavy atom. The summed E-state index contributed by atoms with van der Waals surface area (Å²) in [5.74, 6) is -0.775. The maximum Gasteiger partial charge on any atom is 0.338 e. The Labute approximate surface area is 212 Å². The minimum absolute atomic E-state index is 0.0797. The van der Waals surface area contributed by atoms with Crippen molar-refractivity contribution in [3.63, 3.8) is 0 Å². The van der Waals surface area contributed by atoms with Gasteiger partial charge in [-0.05, 0) is 42.0 Å². The molecule has 9 nitrogen and oxygen atoms in total. The smallest absolute Gasteiger partial charge is 0.338 e. The van der Waals surface area contributed by atoms with Gasteiger partial charge in [0.05, 0.1) is 22.8 Å². The lowest BCUT2D eigenvalue weighted by molar-refractivity contribution is -0.384. The Kier molecular flexibility index (Phi) is 7.39. The molecule has 0 aliphatic rings. The molecular weight excluding hydrogens is 508 g/mol. The van der Waals surface area contributed by atoms with Gasteiger partial charge in [-0.3, -0.25) is 14.3 Å². The summed E-state index contributed by atoms with van der Waals surface area (Å²) in [5.41, 5.74) is 1.41. The molecule has 0 saturated heterocycles. The standard InChI is InChI=1S/C25H21ClN2O7S/c1-36(32,33)35-23(16-34-25(29)18-7-10-21(11-8-18)28(30)31)24(17-5-3-2-4-6-17)27-14-13-19-15-20(26)9-12-22(19)27/h2-15,23-24H,16H2,1H3. The van der Waals surface area contributed by atoms with Crippen molar-refractivity contribution in [1.82, 2.24) is 4.57 Å². The minimum Gasteiger partial charge on any atom is -0.459 e. The summed E-state index contributed by atoms with van der Waals surface area (Å²) in [6.45, 7) is -0.407. The SMILES string of the molecule is CS(=O)(=O)OC(COC(=O)c1ccc([N+](=O)[O-])cc1)C(c1ccccc1)n1ccc2cc(Cl)ccc21. The van der Waals surface area contributed by atoms with Crippen molar-refractivity contribution in [2.45, 2.75) is 12.1 Å². The maximum absolute atomic E-state index is 12.7. The van der Waals surface area contributed by atoms with Gasteiger partial charge in [0, 0.05) is 34.3 Å². The lowest BCUT2D eigenvalue weighted by Crippen LogP contribution is -2.34. The number of esters is 1. The van der Waals surface area contributed by atoms with Gasteiger partial charge in [0.1, 0.15) is 12.7 Å². The molecule has 0 amide bonds. The zero-order chi connectivity index (χ0) is 25.9. The Balaban J connectivity index is 1.70. The quantitative estimate of drug-likeness (QED) is 0.130. The monoisotopic (exact) mass is 528 g/mol. The number of hydrogen-bond donors (Lipinski definition) is 0. The summed E-state index contributed by atoms with van der Waals surface area (Å²) in [4.78, 5) is 23.0. The van der Waals surface area contributed by atoms with Crippen molar-refractivity contribution in [3.05, 3.63) is 111 Å². The van der Waals surface area contributed by atoms with Crippen LogP contribution in [0.1, 0.15) is 22.0 Å². The molecule has 0 bridgehead atoms. The first-order valence-corrected chi connectivity index (χ1v) is 12.9. The highest BCUT2D eigenvalue weighted by atomic mass is 35.5. The van der Waals surface area contributed by atoms with Crippen LogP contribution in [-0.2, 0) is 19.0 Å². The summed E-state index contributed by atoms with van der Waals surface area (Å²) in [6.07, 6.45) is 1.58. The van der Waals surface area contributed by atoms with E-state index in [4.69, 9.17) is 20.5 Å². The fraction of sp³-hybridized carbons (Fsp3) is 0.160. The van der Waals surface area contributed by atoms with E-state index in [2.05, 4.69) is 0 Å². The number of carbonyl (C=O) groups is 1. The molecule has 0 N–H and O–H groups in total. The summed E-state index contributed by atoms with van der Waals surface area (Å²) >= 11 is 6.14. The number of ether oxygens (including phenoxy) is 1. The summed E-state index contributed by atoms with van der Waals surface area (Å²) in [7, 11) is -3.96. The third kappa shape index (κ3) is 5.91. The molecule has 1 heterocycles. The van der Waals surface area contributed by atoms with Crippen LogP contribution in [0.5, 0.6) is 0 Å². The van der Waals surface area contributed by atoms with E-state index in [0.29, 0.717) is 5.02 Å². The van der Waals surface area contributed by atoms with Crippen molar-refractivity contribution < 1.29 is 27.1 Å². The highest BCUT2D eigenvalue weighted by Crippen LogP contribution is 2.31. The largest absolute Gasteiger partial charge is 0.459 e. The number of hydrogen-bond acceptors (Lipinski definition) is 7. The molecule has 0 spiro atoms. The second-order valence-corrected chi connectivity index (χ2v) is 10.1. The average molecular weight is 529 g/mol. The van der Waals surface area contributed by atoms with Gasteiger partial charge in [-0.15, -0.1) is 0 Å². The fourth-order valence-corrected chi connectivity index (χ4v) is 4.73. The summed E-state index contributed by atoms with van der Waals surface area (Å²) in [5, 5.41) is 12.3. The average Bonchev–Trinajstić information content (AvgIpc) is 3.24. The van der Waals surface area contributed by atoms with Gasteiger partial charge in [0.2, 0.25) is 0 Å². The van der Waals surface area contributed by atoms with Gasteiger partial charge in [-0.2, -0.15) is 8.42 Å². The van der Waals surface area contributed by atoms with Crippen LogP contribution < -0.4 is 0 Å². The zero-order valence-corrected chi connectivity index (χ0v) is 20.6. The van der Waals surface area contributed by atoms with Crippen molar-refractivity contribution in [2.75, 3.05) is 12.9 Å². The molecule has 0 saturated carbocycles. The number of nitro benzene ring substituents is 1. The number of fused-ring (bicyclic) bond motifs is 1. The zero-order valence-electron chi connectivity index (χ0n) is 19.0. The Morgan fingerprint density at radius 1 is 1.06 bits per heavy atom. The van der Waals surface area contributed by atoms with E-state index in [9.17, 15) is 23.3 Å². The predicted molar refractivity (Wildman–Crippen MR) is 135 cm³/mol. The number of halogens is 1. The van der Waals surface area contributed by atoms with Crippen LogP contribution in [-0.4, -0.2) is 42.8 Å². The van der Waals surface area contributed by atoms with Crippen LogP contribution in [0.4, 0.5) is 5.69 Å². The number of non-ortho nitro benzene ring substituents is 1. The van der Waals surface area contributed by atoms with E-state index >= 15 is 0 Å². The number of aromatic nitrogens is 1. The second kappa shape index (κ2) is 10.5. The van der Waals surface area contributed by atoms with E-state index in [1.165, 1.54) is 24.3 Å². The van der Waals surface area contributed by atoms with E-state index < -0.39 is 39.8 Å². The molecule has 4 aromatic rings. The molecule has 0 radical (unpaired) electrons. The number of carbonyl (C=O) groups excluding carboxylic acids is 1. The van der Waals surface area contributed by atoms with Crippen molar-refractivity contribution in [2.24, 2.45) is 0 Å². The number of nitro groups is 1. The molecular formula is C25H21ClN2O7S. The van der Waals surface area contributed by atoms with E-state index in [1.54, 1.807) is 18.3 Å². The van der Waals surface area contributed by atoms with Gasteiger partial charge in [-0.1, -0.05) is 41.9 Å². The third-order valence-corrected chi connectivity index (χ3v) is 6.30. The van der Waals surface area contributed by atoms with Crippen molar-refractivity contribution in [3.8, 4) is 0 Å². The van der Waals surface area contributed by atoms with Gasteiger partial charge in [0.25, 0.3) is 15.8 Å². The summed E-state index contributed by atoms with van der Waals surface area (Å²) in [6, 6.07) is 20.5. The van der Waals surface area contributed by atoms with Crippen LogP contribution in [0.3, 0.4) is 0 Å². The molecule has 0 aliphatic carbocycles. The third-order valence-electron chi connectivity index (χ3n) is 5.47. The van der Waals surface area contributed by atoms with Crippen LogP contribution in [0.2, 0.25) is 5.02 Å². The van der Waals surface area contributed by atoms with Crippen LogP contribution in [0, 0.1) is 10.1 Å². The lowest BCUT2D eigenvalue weighted by Gasteiger charge is -2.28. The molecule has 2 atom stereocenters. The predicted octanol–water partition coefficient (Wildman–Crippen LogP) is 4.99. The molecule has 3 aromatic carbocycles. The van der Waals surface area contributed by atoms with Crippen molar-refractivity contribution in [1.29, 1.82) is 0 Å². The van der Waals surface area contributed by atoms with E-state index in [-0.39, 0.29) is 11.3 Å². The Bertz CT molecular complexity index is 1500. The van der Waals surface area contributed by atoms with Gasteiger partial charge >= 0.3 is 5.97 Å². The van der Waals surface area contributed by atoms with Gasteiger partial charge < -0.3 is 9.30 Å². The second-order valence-electron chi connectivity index (χ2n) is 8.02. The summed E-state index contributed by atoms with van der Waals surface area (Å²) < 4.78 is 37.2. The number of nitrogens with zero attached hydrogens (tertiary/aromatic N) is 2. The normalized spacial score (nSPS) is 13.3. The van der Waals surface area contributed by atoms with Crippen LogP contribution in [0.25, 0.3) is 10.9 Å². The van der Waals surface area contributed by atoms with Gasteiger partial charge in [-0.25, -0.2) is 4.79 Å². The molecule has 1 aromatic heterocycles. The molecule has 186 valence electrons. The van der Waals surface area contributed by atoms with Crippen LogP contribution in [0.15, 0.2) is 85.1 Å². The molecule has 11 heteroatoms. The molecule has 0 aliphatic heterocycles. The highest BCUT2D eigenvalue weighted by molar-refractivity contribution is 7.86. The maximum atomic E-state index is 12.7. The van der Waals surface area contributed by atoms with Crippen molar-refractivity contribution >= 4 is 44.3 Å². The first-order chi connectivity index (χ1) is 17.1. The van der Waals surface area contributed by atoms with E-state index in [1.807, 2.05) is 47.0 Å². The number of benzene rings is 3. The molecule has 36 heavy (non-hydrogen) atoms. The first-order valence-electron chi connectivity index (χ1n) is 10.7. The topological polar surface area (TPSA) is 118 Å². The minimum atomic E-state index is -3.96. The fourth-order valence-electron chi connectivity index (χ4n) is 3.94. The molecule has 2 unspecified atom stereocenters. The first kappa shape index (κ1) is 25.4. The lowest BCUT2D eigenvalue weighted by atomic mass is 10.0. The van der Waals surface area contributed by atoms with E-state index in [0.717, 1.165) is 22.7 Å². The van der Waals surface area contributed by atoms with Gasteiger partial charge in [0.15, 0.2) is 0 Å². The molecule has 4 rings (SSSR count). The Morgan fingerprint density at radius 3 is 2.39 bits per heavy atom.